The maximum absolute atomic E-state index is 12.5. The first-order valence-corrected chi connectivity index (χ1v) is 10.5. The number of benzene rings is 2. The van der Waals surface area contributed by atoms with Gasteiger partial charge in [0.25, 0.3) is 11.7 Å². The van der Waals surface area contributed by atoms with Gasteiger partial charge in [-0.3, -0.25) is 9.59 Å². The molecule has 31 heavy (non-hydrogen) atoms. The summed E-state index contributed by atoms with van der Waals surface area (Å²) in [6, 6.07) is 10.3. The van der Waals surface area contributed by atoms with E-state index in [1.165, 1.54) is 6.07 Å². The first-order chi connectivity index (χ1) is 14.9. The maximum Gasteiger partial charge on any atom is 0.296 e. The number of hydrogen-bond donors (Lipinski definition) is 3. The van der Waals surface area contributed by atoms with E-state index in [2.05, 4.69) is 5.32 Å². The van der Waals surface area contributed by atoms with Crippen LogP contribution in [0.15, 0.2) is 46.9 Å². The summed E-state index contributed by atoms with van der Waals surface area (Å²) < 4.78 is 11.1. The van der Waals surface area contributed by atoms with Crippen molar-refractivity contribution in [3.63, 3.8) is 0 Å². The number of aliphatic hydroxyl groups is 1. The summed E-state index contributed by atoms with van der Waals surface area (Å²) in [4.78, 5) is 25.0. The van der Waals surface area contributed by atoms with E-state index in [0.29, 0.717) is 32.3 Å². The fourth-order valence-electron chi connectivity index (χ4n) is 3.13. The number of halogens is 2. The van der Waals surface area contributed by atoms with Crippen molar-refractivity contribution in [3.05, 3.63) is 63.8 Å². The highest BCUT2D eigenvalue weighted by molar-refractivity contribution is 6.42. The first-order valence-electron chi connectivity index (χ1n) is 9.74. The Hall–Kier alpha value is -2.58. The SMILES string of the molecule is NC[C@@H](NC(=O)C(=O)c1cc2cc(Cl)ccc2o1)[C@H](O)c1ccc(OC2CC2)c(Cl)c1. The fraction of sp³-hybridized carbons (Fsp3) is 0.273. The second-order valence-electron chi connectivity index (χ2n) is 7.39. The summed E-state index contributed by atoms with van der Waals surface area (Å²) in [6.07, 6.45) is 0.996. The molecule has 0 saturated heterocycles. The zero-order chi connectivity index (χ0) is 22.1. The van der Waals surface area contributed by atoms with E-state index in [1.54, 1.807) is 36.4 Å². The highest BCUT2D eigenvalue weighted by Gasteiger charge is 2.28. The molecule has 1 aliphatic carbocycles. The third-order valence-corrected chi connectivity index (χ3v) is 5.51. The molecule has 9 heteroatoms. The van der Waals surface area contributed by atoms with Gasteiger partial charge in [0.2, 0.25) is 0 Å². The normalized spacial score (nSPS) is 15.5. The lowest BCUT2D eigenvalue weighted by Gasteiger charge is -2.23. The van der Waals surface area contributed by atoms with Gasteiger partial charge in [-0.15, -0.1) is 0 Å². The summed E-state index contributed by atoms with van der Waals surface area (Å²) in [5.41, 5.74) is 6.61. The third-order valence-electron chi connectivity index (χ3n) is 4.98. The van der Waals surface area contributed by atoms with E-state index in [4.69, 9.17) is 38.1 Å². The number of nitrogens with two attached hydrogens (primary N) is 1. The van der Waals surface area contributed by atoms with Gasteiger partial charge < -0.3 is 25.3 Å². The van der Waals surface area contributed by atoms with Crippen molar-refractivity contribution in [2.24, 2.45) is 5.73 Å². The molecule has 1 aliphatic rings. The Morgan fingerprint density at radius 1 is 1.19 bits per heavy atom. The summed E-state index contributed by atoms with van der Waals surface area (Å²) in [6.45, 7) is -0.103. The zero-order valence-electron chi connectivity index (χ0n) is 16.3. The number of furan rings is 1. The lowest BCUT2D eigenvalue weighted by Crippen LogP contribution is -2.46. The molecule has 7 nitrogen and oxygen atoms in total. The molecule has 0 spiro atoms. The van der Waals surface area contributed by atoms with E-state index in [-0.39, 0.29) is 18.4 Å². The molecule has 4 rings (SSSR count). The number of ketones is 1. The number of ether oxygens (including phenoxy) is 1. The molecule has 4 N–H and O–H groups in total. The Kier molecular flexibility index (Phi) is 6.20. The predicted molar refractivity (Wildman–Crippen MR) is 117 cm³/mol. The van der Waals surface area contributed by atoms with Crippen molar-refractivity contribution in [3.8, 4) is 5.75 Å². The molecule has 0 unspecified atom stereocenters. The Morgan fingerprint density at radius 3 is 2.65 bits per heavy atom. The summed E-state index contributed by atoms with van der Waals surface area (Å²) >= 11 is 12.2. The van der Waals surface area contributed by atoms with Gasteiger partial charge in [0.1, 0.15) is 17.4 Å². The Morgan fingerprint density at radius 2 is 1.97 bits per heavy atom. The van der Waals surface area contributed by atoms with Crippen LogP contribution in [-0.4, -0.2) is 35.5 Å². The molecule has 1 saturated carbocycles. The second-order valence-corrected chi connectivity index (χ2v) is 8.23. The fourth-order valence-corrected chi connectivity index (χ4v) is 3.55. The van der Waals surface area contributed by atoms with E-state index in [1.807, 2.05) is 0 Å². The number of rotatable bonds is 8. The van der Waals surface area contributed by atoms with Crippen molar-refractivity contribution >= 4 is 45.9 Å². The molecular formula is C22H20Cl2N2O5. The maximum atomic E-state index is 12.5. The Balaban J connectivity index is 1.46. The van der Waals surface area contributed by atoms with Gasteiger partial charge in [-0.25, -0.2) is 0 Å². The highest BCUT2D eigenvalue weighted by Crippen LogP contribution is 2.34. The minimum Gasteiger partial charge on any atom is -0.489 e. The smallest absolute Gasteiger partial charge is 0.296 e. The molecule has 0 bridgehead atoms. The third kappa shape index (κ3) is 4.85. The second kappa shape index (κ2) is 8.88. The van der Waals surface area contributed by atoms with Crippen molar-refractivity contribution in [2.45, 2.75) is 31.1 Å². The number of nitrogens with one attached hydrogen (secondary N) is 1. The van der Waals surface area contributed by atoms with Gasteiger partial charge in [-0.2, -0.15) is 0 Å². The quantitative estimate of drug-likeness (QED) is 0.347. The van der Waals surface area contributed by atoms with Crippen molar-refractivity contribution in [1.29, 1.82) is 0 Å². The van der Waals surface area contributed by atoms with Crippen LogP contribution in [0.4, 0.5) is 0 Å². The number of amides is 1. The minimum absolute atomic E-state index is 0.103. The van der Waals surface area contributed by atoms with Gasteiger partial charge in [0.15, 0.2) is 5.76 Å². The molecule has 0 radical (unpaired) electrons. The van der Waals surface area contributed by atoms with E-state index < -0.39 is 23.8 Å². The topological polar surface area (TPSA) is 115 Å². The van der Waals surface area contributed by atoms with Gasteiger partial charge in [-0.1, -0.05) is 29.3 Å². The van der Waals surface area contributed by atoms with Crippen LogP contribution in [0.3, 0.4) is 0 Å². The average molecular weight is 463 g/mol. The van der Waals surface area contributed by atoms with Crippen LogP contribution in [0, 0.1) is 0 Å². The molecule has 1 amide bonds. The monoisotopic (exact) mass is 462 g/mol. The van der Waals surface area contributed by atoms with Crippen molar-refractivity contribution in [1.82, 2.24) is 5.32 Å². The molecule has 1 heterocycles. The Labute approximate surface area is 188 Å². The van der Waals surface area contributed by atoms with Crippen LogP contribution in [0.5, 0.6) is 5.75 Å². The number of fused-ring (bicyclic) bond motifs is 1. The van der Waals surface area contributed by atoms with Gasteiger partial charge >= 0.3 is 0 Å². The lowest BCUT2D eigenvalue weighted by atomic mass is 10.0. The predicted octanol–water partition coefficient (Wildman–Crippen LogP) is 3.64. The van der Waals surface area contributed by atoms with Crippen molar-refractivity contribution in [2.75, 3.05) is 6.54 Å². The van der Waals surface area contributed by atoms with E-state index in [9.17, 15) is 14.7 Å². The molecule has 1 fully saturated rings. The van der Waals surface area contributed by atoms with E-state index >= 15 is 0 Å². The van der Waals surface area contributed by atoms with E-state index in [0.717, 1.165) is 12.8 Å². The average Bonchev–Trinajstić information content (AvgIpc) is 3.48. The molecule has 162 valence electrons. The zero-order valence-corrected chi connectivity index (χ0v) is 17.8. The van der Waals surface area contributed by atoms with Gasteiger partial charge in [0.05, 0.1) is 17.2 Å². The summed E-state index contributed by atoms with van der Waals surface area (Å²) in [5, 5.41) is 14.6. The van der Waals surface area contributed by atoms with Crippen LogP contribution in [-0.2, 0) is 4.79 Å². The number of hydrogen-bond acceptors (Lipinski definition) is 6. The first kappa shape index (κ1) is 21.6. The Bertz CT molecular complexity index is 1140. The van der Waals surface area contributed by atoms with Crippen LogP contribution >= 0.6 is 23.2 Å². The van der Waals surface area contributed by atoms with Gasteiger partial charge in [0, 0.05) is 17.0 Å². The number of carbonyl (C=O) groups excluding carboxylic acids is 2. The van der Waals surface area contributed by atoms with Crippen LogP contribution in [0.2, 0.25) is 10.0 Å². The number of Topliss-reactive ketones (excluding diaryl/α,β-unsaturated/α-hetero) is 1. The standard InChI is InChI=1S/C22H20Cl2N2O5/c23-13-2-6-17-12(7-13)9-19(31-17)21(28)22(29)26-16(10-25)20(27)11-1-5-18(15(24)8-11)30-14-3-4-14/h1-2,5-9,14,16,20,27H,3-4,10,25H2,(H,26,29)/t16-,20-/m1/s1. The highest BCUT2D eigenvalue weighted by atomic mass is 35.5. The number of carbonyl (C=O) groups is 2. The summed E-state index contributed by atoms with van der Waals surface area (Å²) in [7, 11) is 0. The molecular weight excluding hydrogens is 443 g/mol. The lowest BCUT2D eigenvalue weighted by molar-refractivity contribution is -0.118. The molecule has 1 aromatic heterocycles. The molecule has 2 aromatic carbocycles. The minimum atomic E-state index is -1.18. The molecule has 0 aliphatic heterocycles. The molecule has 3 aromatic rings. The number of aliphatic hydroxyl groups excluding tert-OH is 1. The molecule has 2 atom stereocenters. The van der Waals surface area contributed by atoms with Crippen LogP contribution in [0.25, 0.3) is 11.0 Å². The summed E-state index contributed by atoms with van der Waals surface area (Å²) in [5.74, 6) is -1.43. The van der Waals surface area contributed by atoms with Gasteiger partial charge in [-0.05, 0) is 54.8 Å². The van der Waals surface area contributed by atoms with Crippen LogP contribution < -0.4 is 15.8 Å². The largest absolute Gasteiger partial charge is 0.489 e. The van der Waals surface area contributed by atoms with Crippen molar-refractivity contribution < 1.29 is 23.8 Å². The van der Waals surface area contributed by atoms with Crippen LogP contribution in [0.1, 0.15) is 35.1 Å².